The largest absolute Gasteiger partial charge is 0.419 e. The van der Waals surface area contributed by atoms with E-state index >= 15 is 0 Å². The van der Waals surface area contributed by atoms with Gasteiger partial charge in [-0.15, -0.1) is 0 Å². The average molecular weight is 352 g/mol. The maximum Gasteiger partial charge on any atom is 0.419 e. The van der Waals surface area contributed by atoms with Gasteiger partial charge in [-0.1, -0.05) is 12.5 Å². The van der Waals surface area contributed by atoms with Gasteiger partial charge in [0.15, 0.2) is 9.84 Å². The monoisotopic (exact) mass is 352 g/mol. The molecular formula is C15H16F4O3S. The van der Waals surface area contributed by atoms with Crippen molar-refractivity contribution in [3.63, 3.8) is 0 Å². The highest BCUT2D eigenvalue weighted by Crippen LogP contribution is 2.46. The van der Waals surface area contributed by atoms with Gasteiger partial charge < -0.3 is 5.11 Å². The molecular weight excluding hydrogens is 336 g/mol. The van der Waals surface area contributed by atoms with E-state index in [2.05, 4.69) is 0 Å². The number of benzene rings is 1. The van der Waals surface area contributed by atoms with E-state index < -0.39 is 43.5 Å². The Morgan fingerprint density at radius 1 is 1.13 bits per heavy atom. The Morgan fingerprint density at radius 3 is 2.17 bits per heavy atom. The Morgan fingerprint density at radius 2 is 1.70 bits per heavy atom. The first-order chi connectivity index (χ1) is 10.5. The molecule has 128 valence electrons. The Kier molecular flexibility index (Phi) is 3.76. The van der Waals surface area contributed by atoms with Gasteiger partial charge in [-0.25, -0.2) is 12.8 Å². The zero-order valence-corrected chi connectivity index (χ0v) is 12.9. The van der Waals surface area contributed by atoms with Crippen molar-refractivity contribution in [2.45, 2.75) is 54.4 Å². The number of hydrogen-bond acceptors (Lipinski definition) is 3. The summed E-state index contributed by atoms with van der Waals surface area (Å²) in [6.45, 7) is 0. The lowest BCUT2D eigenvalue weighted by Gasteiger charge is -2.44. The minimum atomic E-state index is -4.81. The lowest BCUT2D eigenvalue weighted by molar-refractivity contribution is -0.140. The van der Waals surface area contributed by atoms with Gasteiger partial charge in [0.05, 0.1) is 21.7 Å². The number of hydrogen-bond donors (Lipinski definition) is 1. The van der Waals surface area contributed by atoms with E-state index in [1.165, 1.54) is 0 Å². The summed E-state index contributed by atoms with van der Waals surface area (Å²) in [7, 11) is -3.32. The van der Waals surface area contributed by atoms with Crippen molar-refractivity contribution in [1.82, 2.24) is 0 Å². The maximum atomic E-state index is 13.8. The second-order valence-corrected chi connectivity index (χ2v) is 8.91. The zero-order valence-electron chi connectivity index (χ0n) is 12.1. The highest BCUT2D eigenvalue weighted by Gasteiger charge is 2.51. The molecule has 0 radical (unpaired) electrons. The molecule has 2 atom stereocenters. The van der Waals surface area contributed by atoms with Gasteiger partial charge in [0.1, 0.15) is 5.82 Å². The normalized spacial score (nSPS) is 33.4. The summed E-state index contributed by atoms with van der Waals surface area (Å²) in [5.74, 6) is -1.46. The number of halogens is 4. The zero-order chi connectivity index (χ0) is 17.0. The first-order valence-electron chi connectivity index (χ1n) is 7.36. The van der Waals surface area contributed by atoms with Crippen molar-refractivity contribution >= 4 is 9.84 Å². The standard InChI is InChI=1S/C15H16F4O3S/c16-13-6-9(4-5-12(13)15(17,18)19)14(20)7-10-2-1-3-11(8-14)23(10,21)22/h4-6,10-11,20H,1-3,7-8H2. The van der Waals surface area contributed by atoms with Gasteiger partial charge in [0, 0.05) is 0 Å². The first-order valence-corrected chi connectivity index (χ1v) is 8.97. The van der Waals surface area contributed by atoms with Gasteiger partial charge in [-0.2, -0.15) is 13.2 Å². The van der Waals surface area contributed by atoms with E-state index in [4.69, 9.17) is 0 Å². The highest BCUT2D eigenvalue weighted by atomic mass is 32.2. The van der Waals surface area contributed by atoms with Crippen LogP contribution in [0.3, 0.4) is 0 Å². The first kappa shape index (κ1) is 16.7. The van der Waals surface area contributed by atoms with E-state index in [9.17, 15) is 31.1 Å². The predicted molar refractivity (Wildman–Crippen MR) is 74.9 cm³/mol. The molecule has 2 bridgehead atoms. The van der Waals surface area contributed by atoms with Crippen molar-refractivity contribution in [3.05, 3.63) is 35.1 Å². The SMILES string of the molecule is O=S1(=O)C2CCCC1CC(O)(c1ccc(C(F)(F)F)c(F)c1)C2. The third-order valence-corrected chi connectivity index (χ3v) is 7.59. The molecule has 3 rings (SSSR count). The molecule has 0 spiro atoms. The van der Waals surface area contributed by atoms with Crippen molar-refractivity contribution in [2.24, 2.45) is 0 Å². The fraction of sp³-hybridized carbons (Fsp3) is 0.600. The lowest BCUT2D eigenvalue weighted by atomic mass is 9.80. The van der Waals surface area contributed by atoms with Crippen LogP contribution in [0, 0.1) is 5.82 Å². The van der Waals surface area contributed by atoms with Crippen molar-refractivity contribution < 1.29 is 31.1 Å². The second kappa shape index (κ2) is 5.17. The number of sulfone groups is 1. The fourth-order valence-electron chi connectivity index (χ4n) is 3.72. The molecule has 0 aromatic heterocycles. The Hall–Kier alpha value is -1.15. The summed E-state index contributed by atoms with van der Waals surface area (Å²) in [6, 6.07) is 2.32. The van der Waals surface area contributed by atoms with Crippen LogP contribution in [0.2, 0.25) is 0 Å². The van der Waals surface area contributed by atoms with Crippen molar-refractivity contribution in [2.75, 3.05) is 0 Å². The minimum Gasteiger partial charge on any atom is -0.385 e. The molecule has 2 aliphatic rings. The van der Waals surface area contributed by atoms with Gasteiger partial charge in [-0.3, -0.25) is 0 Å². The molecule has 1 N–H and O–H groups in total. The van der Waals surface area contributed by atoms with E-state index in [0.717, 1.165) is 12.5 Å². The van der Waals surface area contributed by atoms with Crippen LogP contribution in [0.15, 0.2) is 18.2 Å². The molecule has 0 saturated carbocycles. The number of rotatable bonds is 1. The summed E-state index contributed by atoms with van der Waals surface area (Å²) in [5.41, 5.74) is -2.99. The molecule has 3 nitrogen and oxygen atoms in total. The van der Waals surface area contributed by atoms with Crippen LogP contribution < -0.4 is 0 Å². The summed E-state index contributed by atoms with van der Waals surface area (Å²) in [6.07, 6.45) is -3.43. The molecule has 1 aromatic carbocycles. The van der Waals surface area contributed by atoms with E-state index in [1.807, 2.05) is 0 Å². The van der Waals surface area contributed by atoms with Crippen LogP contribution in [0.5, 0.6) is 0 Å². The van der Waals surface area contributed by atoms with Crippen molar-refractivity contribution in [1.29, 1.82) is 0 Å². The quantitative estimate of drug-likeness (QED) is 0.790. The Labute approximate surface area is 131 Å². The summed E-state index contributed by atoms with van der Waals surface area (Å²) in [5, 5.41) is 9.35. The summed E-state index contributed by atoms with van der Waals surface area (Å²) >= 11 is 0. The molecule has 1 aromatic rings. The van der Waals surface area contributed by atoms with Crippen LogP contribution in [-0.2, 0) is 21.6 Å². The van der Waals surface area contributed by atoms with E-state index in [-0.39, 0.29) is 18.4 Å². The third-order valence-electron chi connectivity index (χ3n) is 4.92. The van der Waals surface area contributed by atoms with Crippen LogP contribution >= 0.6 is 0 Å². The Bertz CT molecular complexity index is 707. The molecule has 2 fully saturated rings. The molecule has 0 aliphatic carbocycles. The molecule has 2 aliphatic heterocycles. The Balaban J connectivity index is 1.97. The predicted octanol–water partition coefficient (Wildman–Crippen LogP) is 3.16. The van der Waals surface area contributed by atoms with E-state index in [0.29, 0.717) is 25.0 Å². The van der Waals surface area contributed by atoms with Gasteiger partial charge in [0.25, 0.3) is 0 Å². The number of alkyl halides is 3. The molecule has 2 heterocycles. The van der Waals surface area contributed by atoms with Crippen LogP contribution in [0.25, 0.3) is 0 Å². The topological polar surface area (TPSA) is 54.4 Å². The maximum absolute atomic E-state index is 13.8. The van der Waals surface area contributed by atoms with Crippen LogP contribution in [0.4, 0.5) is 17.6 Å². The molecule has 0 amide bonds. The smallest absolute Gasteiger partial charge is 0.385 e. The van der Waals surface area contributed by atoms with Crippen LogP contribution in [0.1, 0.15) is 43.2 Å². The van der Waals surface area contributed by atoms with E-state index in [1.54, 1.807) is 0 Å². The summed E-state index contributed by atoms with van der Waals surface area (Å²) in [4.78, 5) is 0. The van der Waals surface area contributed by atoms with Crippen molar-refractivity contribution in [3.8, 4) is 0 Å². The second-order valence-electron chi connectivity index (χ2n) is 6.40. The van der Waals surface area contributed by atoms with Gasteiger partial charge in [-0.05, 0) is 43.4 Å². The highest BCUT2D eigenvalue weighted by molar-refractivity contribution is 7.92. The lowest BCUT2D eigenvalue weighted by Crippen LogP contribution is -2.50. The fourth-order valence-corrected chi connectivity index (χ4v) is 6.27. The molecule has 8 heteroatoms. The molecule has 23 heavy (non-hydrogen) atoms. The van der Waals surface area contributed by atoms with Gasteiger partial charge in [0.2, 0.25) is 0 Å². The minimum absolute atomic E-state index is 0.00907. The van der Waals surface area contributed by atoms with Crippen LogP contribution in [-0.4, -0.2) is 24.0 Å². The average Bonchev–Trinajstić information content (AvgIpc) is 2.39. The number of aliphatic hydroxyl groups is 1. The number of fused-ring (bicyclic) bond motifs is 2. The summed E-state index contributed by atoms with van der Waals surface area (Å²) < 4.78 is 76.1. The molecule has 2 unspecified atom stereocenters. The third kappa shape index (κ3) is 2.76. The van der Waals surface area contributed by atoms with Gasteiger partial charge >= 0.3 is 6.18 Å². The molecule has 2 saturated heterocycles.